The molecule has 0 aliphatic carbocycles. The van der Waals surface area contributed by atoms with Gasteiger partial charge in [0, 0.05) is 26.3 Å². The Morgan fingerprint density at radius 3 is 1.75 bits per heavy atom. The maximum Gasteiger partial charge on any atom is 0.166 e. The highest BCUT2D eigenvalue weighted by atomic mass is 16.3. The molecule has 2 fully saturated rings. The number of nitrogens with zero attached hydrogens (tertiary/aromatic N) is 2. The molecule has 2 saturated heterocycles. The normalized spacial score (nSPS) is 28.3. The number of hydrogen-bond donors (Lipinski definition) is 2. The first-order valence-electron chi connectivity index (χ1n) is 8.01. The number of likely N-dealkylation sites (tertiary alicyclic amines) is 2. The maximum atomic E-state index is 12.8. The van der Waals surface area contributed by atoms with Crippen molar-refractivity contribution in [2.24, 2.45) is 0 Å². The topological polar surface area (TPSA) is 64.0 Å². The summed E-state index contributed by atoms with van der Waals surface area (Å²) in [5.41, 5.74) is 0. The highest BCUT2D eigenvalue weighted by Gasteiger charge is 2.38. The highest BCUT2D eigenvalue weighted by molar-refractivity contribution is 5.89. The number of aliphatic hydroxyl groups excluding tert-OH is 2. The Balaban J connectivity index is 1.91. The third-order valence-corrected chi connectivity index (χ3v) is 4.59. The number of aliphatic hydroxyl groups is 2. The van der Waals surface area contributed by atoms with E-state index in [1.807, 2.05) is 0 Å². The van der Waals surface area contributed by atoms with E-state index in [1.165, 1.54) is 0 Å². The van der Waals surface area contributed by atoms with E-state index in [1.54, 1.807) is 0 Å². The zero-order valence-electron chi connectivity index (χ0n) is 12.3. The van der Waals surface area contributed by atoms with Crippen LogP contribution in [0, 0.1) is 0 Å². The van der Waals surface area contributed by atoms with E-state index in [0.29, 0.717) is 5.78 Å². The first-order chi connectivity index (χ1) is 9.77. The lowest BCUT2D eigenvalue weighted by Crippen LogP contribution is -2.47. The van der Waals surface area contributed by atoms with Gasteiger partial charge in [0.2, 0.25) is 0 Å². The summed E-state index contributed by atoms with van der Waals surface area (Å²) in [6.45, 7) is 4.03. The van der Waals surface area contributed by atoms with Crippen molar-refractivity contribution in [3.8, 4) is 0 Å². The minimum atomic E-state index is 0.0567. The maximum absolute atomic E-state index is 12.8. The molecule has 116 valence electrons. The first kappa shape index (κ1) is 15.9. The van der Waals surface area contributed by atoms with Gasteiger partial charge < -0.3 is 10.2 Å². The molecule has 20 heavy (non-hydrogen) atoms. The fourth-order valence-corrected chi connectivity index (χ4v) is 3.60. The highest BCUT2D eigenvalue weighted by Crippen LogP contribution is 2.25. The molecule has 5 heteroatoms. The van der Waals surface area contributed by atoms with E-state index in [4.69, 9.17) is 10.2 Å². The average molecular weight is 284 g/mol. The smallest absolute Gasteiger partial charge is 0.166 e. The van der Waals surface area contributed by atoms with Gasteiger partial charge in [-0.25, -0.2) is 0 Å². The van der Waals surface area contributed by atoms with Crippen LogP contribution in [0.3, 0.4) is 0 Å². The lowest BCUT2D eigenvalue weighted by Gasteiger charge is -2.29. The molecule has 2 rings (SSSR count). The van der Waals surface area contributed by atoms with E-state index >= 15 is 0 Å². The third-order valence-electron chi connectivity index (χ3n) is 4.59. The van der Waals surface area contributed by atoms with Crippen LogP contribution in [0.4, 0.5) is 0 Å². The van der Waals surface area contributed by atoms with Gasteiger partial charge in [0.25, 0.3) is 0 Å². The minimum absolute atomic E-state index is 0.0567. The number of ketones is 1. The van der Waals surface area contributed by atoms with Gasteiger partial charge in [-0.1, -0.05) is 0 Å². The number of carbonyl (C=O) groups excluding carboxylic acids is 1. The van der Waals surface area contributed by atoms with Crippen LogP contribution in [-0.2, 0) is 4.79 Å². The number of Topliss-reactive ketones (excluding diaryl/α,β-unsaturated/α-hetero) is 1. The van der Waals surface area contributed by atoms with Crippen LogP contribution in [-0.4, -0.2) is 77.3 Å². The van der Waals surface area contributed by atoms with E-state index in [0.717, 1.165) is 64.7 Å². The lowest BCUT2D eigenvalue weighted by molar-refractivity contribution is -0.127. The fourth-order valence-electron chi connectivity index (χ4n) is 3.60. The lowest BCUT2D eigenvalue weighted by atomic mass is 10.0. The summed E-state index contributed by atoms with van der Waals surface area (Å²) >= 11 is 0. The molecule has 0 aromatic carbocycles. The summed E-state index contributed by atoms with van der Waals surface area (Å²) < 4.78 is 0. The van der Waals surface area contributed by atoms with Crippen molar-refractivity contribution in [2.75, 3.05) is 39.4 Å². The monoisotopic (exact) mass is 284 g/mol. The molecule has 0 aromatic heterocycles. The largest absolute Gasteiger partial charge is 0.396 e. The number of hydrogen-bond acceptors (Lipinski definition) is 5. The summed E-state index contributed by atoms with van der Waals surface area (Å²) in [6.07, 6.45) is 5.62. The van der Waals surface area contributed by atoms with Crippen LogP contribution < -0.4 is 0 Å². The number of rotatable bonds is 8. The summed E-state index contributed by atoms with van der Waals surface area (Å²) in [6, 6.07) is 0.113. The van der Waals surface area contributed by atoms with Gasteiger partial charge >= 0.3 is 0 Å². The molecule has 0 radical (unpaired) electrons. The molecule has 0 bridgehead atoms. The van der Waals surface area contributed by atoms with Crippen molar-refractivity contribution < 1.29 is 15.0 Å². The Morgan fingerprint density at radius 1 is 0.900 bits per heavy atom. The molecule has 2 unspecified atom stereocenters. The molecule has 5 nitrogen and oxygen atoms in total. The second-order valence-electron chi connectivity index (χ2n) is 5.94. The van der Waals surface area contributed by atoms with Gasteiger partial charge in [-0.05, 0) is 51.6 Å². The molecule has 2 N–H and O–H groups in total. The Morgan fingerprint density at radius 2 is 1.35 bits per heavy atom. The second-order valence-corrected chi connectivity index (χ2v) is 5.94. The Hall–Kier alpha value is -0.490. The van der Waals surface area contributed by atoms with E-state index in [2.05, 4.69) is 9.80 Å². The molecule has 2 aliphatic rings. The quantitative estimate of drug-likeness (QED) is 0.669. The molecule has 2 aliphatic heterocycles. The van der Waals surface area contributed by atoms with Crippen LogP contribution >= 0.6 is 0 Å². The van der Waals surface area contributed by atoms with Gasteiger partial charge in [0.1, 0.15) is 0 Å². The predicted molar refractivity (Wildman–Crippen MR) is 77.6 cm³/mol. The molecule has 0 spiro atoms. The fraction of sp³-hybridized carbons (Fsp3) is 0.933. The molecular formula is C15H28N2O3. The molecule has 2 heterocycles. The summed E-state index contributed by atoms with van der Waals surface area (Å²) in [5.74, 6) is 0.371. The molecule has 0 amide bonds. The van der Waals surface area contributed by atoms with Crippen LogP contribution in [0.2, 0.25) is 0 Å². The zero-order chi connectivity index (χ0) is 14.4. The standard InChI is InChI=1S/C15H28N2O3/c18-11-3-9-16-7-1-5-13(16)15(20)14-6-2-8-17(14)10-4-12-19/h13-14,18-19H,1-12H2. The van der Waals surface area contributed by atoms with Crippen molar-refractivity contribution >= 4 is 5.78 Å². The van der Waals surface area contributed by atoms with Crippen molar-refractivity contribution in [3.63, 3.8) is 0 Å². The second kappa shape index (κ2) is 8.08. The molecule has 0 aromatic rings. The van der Waals surface area contributed by atoms with Gasteiger partial charge in [-0.3, -0.25) is 14.6 Å². The van der Waals surface area contributed by atoms with Crippen LogP contribution in [0.25, 0.3) is 0 Å². The first-order valence-corrected chi connectivity index (χ1v) is 8.01. The predicted octanol–water partition coefficient (Wildman–Crippen LogP) is 0.249. The van der Waals surface area contributed by atoms with E-state index < -0.39 is 0 Å². The van der Waals surface area contributed by atoms with Crippen molar-refractivity contribution in [3.05, 3.63) is 0 Å². The van der Waals surface area contributed by atoms with Crippen molar-refractivity contribution in [1.82, 2.24) is 9.80 Å². The van der Waals surface area contributed by atoms with E-state index in [-0.39, 0.29) is 25.3 Å². The SMILES string of the molecule is O=C(C1CCCN1CCCO)C1CCCN1CCCO. The molecular weight excluding hydrogens is 256 g/mol. The van der Waals surface area contributed by atoms with E-state index in [9.17, 15) is 4.79 Å². The number of carbonyl (C=O) groups is 1. The third kappa shape index (κ3) is 3.79. The summed E-state index contributed by atoms with van der Waals surface area (Å²) in [5, 5.41) is 17.9. The Kier molecular flexibility index (Phi) is 6.42. The Labute approximate surface area is 121 Å². The summed E-state index contributed by atoms with van der Waals surface area (Å²) in [7, 11) is 0. The van der Waals surface area contributed by atoms with Crippen molar-refractivity contribution in [1.29, 1.82) is 0 Å². The van der Waals surface area contributed by atoms with Gasteiger partial charge in [0.05, 0.1) is 12.1 Å². The summed E-state index contributed by atoms with van der Waals surface area (Å²) in [4.78, 5) is 17.3. The zero-order valence-corrected chi connectivity index (χ0v) is 12.3. The Bertz CT molecular complexity index is 283. The van der Waals surface area contributed by atoms with Gasteiger partial charge in [0.15, 0.2) is 5.78 Å². The van der Waals surface area contributed by atoms with Gasteiger partial charge in [-0.2, -0.15) is 0 Å². The van der Waals surface area contributed by atoms with Gasteiger partial charge in [-0.15, -0.1) is 0 Å². The average Bonchev–Trinajstić information content (AvgIpc) is 3.10. The van der Waals surface area contributed by atoms with Crippen LogP contribution in [0.1, 0.15) is 38.5 Å². The van der Waals surface area contributed by atoms with Crippen LogP contribution in [0.15, 0.2) is 0 Å². The molecule has 2 atom stereocenters. The molecule has 0 saturated carbocycles. The van der Waals surface area contributed by atoms with Crippen molar-refractivity contribution in [2.45, 2.75) is 50.6 Å². The minimum Gasteiger partial charge on any atom is -0.396 e. The van der Waals surface area contributed by atoms with Crippen LogP contribution in [0.5, 0.6) is 0 Å².